The van der Waals surface area contributed by atoms with Crippen LogP contribution in [0.3, 0.4) is 0 Å². The Kier molecular flexibility index (Phi) is 3.60. The first kappa shape index (κ1) is 14.0. The van der Waals surface area contributed by atoms with Gasteiger partial charge in [-0.3, -0.25) is 0 Å². The molecule has 2 aromatic heterocycles. The number of benzene rings is 1. The third kappa shape index (κ3) is 3.19. The van der Waals surface area contributed by atoms with Gasteiger partial charge in [-0.05, 0) is 61.4 Å². The molecule has 0 aliphatic heterocycles. The number of fused-ring (bicyclic) bond motifs is 1. The number of para-hydroxylation sites is 1. The quantitative estimate of drug-likeness (QED) is 0.653. The van der Waals surface area contributed by atoms with Gasteiger partial charge in [-0.15, -0.1) is 0 Å². The molecule has 21 heavy (non-hydrogen) atoms. The van der Waals surface area contributed by atoms with Gasteiger partial charge < -0.3 is 9.73 Å². The maximum Gasteiger partial charge on any atom is 0.151 e. The average Bonchev–Trinajstić information content (AvgIpc) is 3.03. The molecule has 0 spiro atoms. The number of thiophene rings is 1. The predicted molar refractivity (Wildman–Crippen MR) is 92.8 cm³/mol. The molecule has 0 saturated heterocycles. The summed E-state index contributed by atoms with van der Waals surface area (Å²) >= 11 is 1.70. The summed E-state index contributed by atoms with van der Waals surface area (Å²) in [6, 6.07) is 10.2. The van der Waals surface area contributed by atoms with Crippen molar-refractivity contribution in [2.45, 2.75) is 26.3 Å². The molecule has 0 fully saturated rings. The minimum absolute atomic E-state index is 0.0163. The Bertz CT molecular complexity index is 760. The fourth-order valence-corrected chi connectivity index (χ4v) is 2.86. The molecule has 0 atom stereocenters. The first-order chi connectivity index (χ1) is 10.0. The molecular weight excluding hydrogens is 278 g/mol. The summed E-state index contributed by atoms with van der Waals surface area (Å²) in [6.07, 6.45) is 4.12. The molecule has 2 nitrogen and oxygen atoms in total. The van der Waals surface area contributed by atoms with Crippen LogP contribution in [0.5, 0.6) is 0 Å². The summed E-state index contributed by atoms with van der Waals surface area (Å²) in [5.74, 6) is 0.873. The Morgan fingerprint density at radius 3 is 2.62 bits per heavy atom. The lowest BCUT2D eigenvalue weighted by molar-refractivity contribution is 0.595. The summed E-state index contributed by atoms with van der Waals surface area (Å²) in [5, 5.41) is 8.88. The van der Waals surface area contributed by atoms with Crippen molar-refractivity contribution in [2.75, 3.05) is 5.32 Å². The molecule has 0 aliphatic rings. The van der Waals surface area contributed by atoms with Crippen molar-refractivity contribution in [1.29, 1.82) is 0 Å². The molecule has 0 saturated carbocycles. The summed E-state index contributed by atoms with van der Waals surface area (Å²) in [7, 11) is 0. The van der Waals surface area contributed by atoms with Crippen LogP contribution in [0.2, 0.25) is 0 Å². The zero-order valence-electron chi connectivity index (χ0n) is 12.5. The average molecular weight is 297 g/mol. The molecule has 1 aromatic carbocycles. The Balaban J connectivity index is 2.06. The normalized spacial score (nSPS) is 12.3. The molecule has 3 aromatic rings. The van der Waals surface area contributed by atoms with Gasteiger partial charge in [0.05, 0.1) is 5.69 Å². The van der Waals surface area contributed by atoms with Gasteiger partial charge in [-0.2, -0.15) is 11.3 Å². The van der Waals surface area contributed by atoms with E-state index in [0.29, 0.717) is 0 Å². The zero-order valence-corrected chi connectivity index (χ0v) is 13.3. The van der Waals surface area contributed by atoms with E-state index in [2.05, 4.69) is 55.1 Å². The number of rotatable bonds is 3. The molecular formula is C18H19NOS. The van der Waals surface area contributed by atoms with Crippen molar-refractivity contribution in [2.24, 2.45) is 0 Å². The van der Waals surface area contributed by atoms with Crippen LogP contribution in [0.4, 0.5) is 5.69 Å². The third-order valence-electron chi connectivity index (χ3n) is 3.09. The van der Waals surface area contributed by atoms with E-state index in [1.165, 1.54) is 5.56 Å². The molecule has 1 N–H and O–H groups in total. The minimum Gasteiger partial charge on any atom is -0.454 e. The van der Waals surface area contributed by atoms with E-state index >= 15 is 0 Å². The molecule has 0 radical (unpaired) electrons. The van der Waals surface area contributed by atoms with Gasteiger partial charge in [-0.25, -0.2) is 0 Å². The van der Waals surface area contributed by atoms with Gasteiger partial charge in [0.2, 0.25) is 0 Å². The first-order valence-electron chi connectivity index (χ1n) is 7.03. The smallest absolute Gasteiger partial charge is 0.151 e. The van der Waals surface area contributed by atoms with Gasteiger partial charge in [-0.1, -0.05) is 18.2 Å². The largest absolute Gasteiger partial charge is 0.454 e. The summed E-state index contributed by atoms with van der Waals surface area (Å²) in [4.78, 5) is 0. The van der Waals surface area contributed by atoms with Crippen LogP contribution in [0, 0.1) is 0 Å². The van der Waals surface area contributed by atoms with E-state index in [-0.39, 0.29) is 5.54 Å². The fourth-order valence-electron chi connectivity index (χ4n) is 2.23. The van der Waals surface area contributed by atoms with Crippen LogP contribution >= 0.6 is 11.3 Å². The molecule has 108 valence electrons. The number of hydrogen-bond donors (Lipinski definition) is 1. The second-order valence-corrected chi connectivity index (χ2v) is 6.88. The van der Waals surface area contributed by atoms with E-state index in [1.54, 1.807) is 11.3 Å². The van der Waals surface area contributed by atoms with Gasteiger partial charge in [0.15, 0.2) is 5.76 Å². The highest BCUT2D eigenvalue weighted by Crippen LogP contribution is 2.34. The predicted octanol–water partition coefficient (Wildman–Crippen LogP) is 5.88. The molecule has 0 bridgehead atoms. The minimum atomic E-state index is -0.0163. The van der Waals surface area contributed by atoms with E-state index in [9.17, 15) is 0 Å². The first-order valence-corrected chi connectivity index (χ1v) is 7.97. The van der Waals surface area contributed by atoms with Crippen LogP contribution in [0.25, 0.3) is 23.1 Å². The lowest BCUT2D eigenvalue weighted by Gasteiger charge is -2.21. The number of nitrogens with one attached hydrogen (secondary N) is 1. The fraction of sp³-hybridized carbons (Fsp3) is 0.222. The lowest BCUT2D eigenvalue weighted by Crippen LogP contribution is -2.26. The number of hydrogen-bond acceptors (Lipinski definition) is 3. The monoisotopic (exact) mass is 297 g/mol. The van der Waals surface area contributed by atoms with Crippen LogP contribution in [0.15, 0.2) is 45.5 Å². The Labute approximate surface area is 129 Å². The SMILES string of the molecule is CC(C)(C)Nc1c(/C=C/c2ccsc2)oc2ccccc12. The van der Waals surface area contributed by atoms with E-state index in [0.717, 1.165) is 22.4 Å². The highest BCUT2D eigenvalue weighted by Gasteiger charge is 2.17. The highest BCUT2D eigenvalue weighted by molar-refractivity contribution is 7.08. The second-order valence-electron chi connectivity index (χ2n) is 6.10. The summed E-state index contributed by atoms with van der Waals surface area (Å²) in [6.45, 7) is 6.46. The molecule has 0 amide bonds. The third-order valence-corrected chi connectivity index (χ3v) is 3.79. The van der Waals surface area contributed by atoms with Crippen molar-refractivity contribution in [3.63, 3.8) is 0 Å². The second kappa shape index (κ2) is 5.41. The van der Waals surface area contributed by atoms with Crippen LogP contribution < -0.4 is 5.32 Å². The van der Waals surface area contributed by atoms with Crippen molar-refractivity contribution < 1.29 is 4.42 Å². The molecule has 3 rings (SSSR count). The van der Waals surface area contributed by atoms with E-state index in [1.807, 2.05) is 24.3 Å². The maximum atomic E-state index is 6.00. The Morgan fingerprint density at radius 2 is 1.90 bits per heavy atom. The maximum absolute atomic E-state index is 6.00. The van der Waals surface area contributed by atoms with Crippen molar-refractivity contribution >= 4 is 40.1 Å². The Morgan fingerprint density at radius 1 is 1.10 bits per heavy atom. The lowest BCUT2D eigenvalue weighted by atomic mass is 10.1. The van der Waals surface area contributed by atoms with Crippen LogP contribution in [0.1, 0.15) is 32.1 Å². The molecule has 0 aliphatic carbocycles. The number of furan rings is 1. The Hall–Kier alpha value is -2.00. The van der Waals surface area contributed by atoms with E-state index in [4.69, 9.17) is 4.42 Å². The summed E-state index contributed by atoms with van der Waals surface area (Å²) in [5.41, 5.74) is 3.15. The van der Waals surface area contributed by atoms with Gasteiger partial charge in [0, 0.05) is 10.9 Å². The summed E-state index contributed by atoms with van der Waals surface area (Å²) < 4.78 is 6.00. The highest BCUT2D eigenvalue weighted by atomic mass is 32.1. The standard InChI is InChI=1S/C18H19NOS/c1-18(2,3)19-17-14-6-4-5-7-15(14)20-16(17)9-8-13-10-11-21-12-13/h4-12,19H,1-3H3/b9-8+. The van der Waals surface area contributed by atoms with Crippen molar-refractivity contribution in [3.8, 4) is 0 Å². The van der Waals surface area contributed by atoms with Crippen LogP contribution in [-0.4, -0.2) is 5.54 Å². The zero-order chi connectivity index (χ0) is 14.9. The van der Waals surface area contributed by atoms with E-state index < -0.39 is 0 Å². The molecule has 2 heterocycles. The molecule has 0 unspecified atom stereocenters. The van der Waals surface area contributed by atoms with Crippen molar-refractivity contribution in [1.82, 2.24) is 0 Å². The molecule has 3 heteroatoms. The topological polar surface area (TPSA) is 25.2 Å². The number of anilines is 1. The van der Waals surface area contributed by atoms with Crippen LogP contribution in [-0.2, 0) is 0 Å². The van der Waals surface area contributed by atoms with Gasteiger partial charge in [0.25, 0.3) is 0 Å². The van der Waals surface area contributed by atoms with Gasteiger partial charge in [0.1, 0.15) is 5.58 Å². The van der Waals surface area contributed by atoms with Gasteiger partial charge >= 0.3 is 0 Å². The van der Waals surface area contributed by atoms with Crippen molar-refractivity contribution in [3.05, 3.63) is 52.4 Å².